The third kappa shape index (κ3) is 1.91. The van der Waals surface area contributed by atoms with Gasteiger partial charge in [-0.05, 0) is 62.4 Å². The van der Waals surface area contributed by atoms with E-state index in [0.717, 1.165) is 37.7 Å². The smallest absolute Gasteiger partial charge is 0.184 e. The Kier molecular flexibility index (Phi) is 3.37. The van der Waals surface area contributed by atoms with Gasteiger partial charge in [0.15, 0.2) is 5.78 Å². The fourth-order valence-corrected chi connectivity index (χ4v) is 6.45. The van der Waals surface area contributed by atoms with Gasteiger partial charge in [0, 0.05) is 17.3 Å². The highest BCUT2D eigenvalue weighted by Crippen LogP contribution is 2.64. The van der Waals surface area contributed by atoms with Crippen molar-refractivity contribution in [2.24, 2.45) is 28.6 Å². The summed E-state index contributed by atoms with van der Waals surface area (Å²) in [6, 6.07) is 0. The summed E-state index contributed by atoms with van der Waals surface area (Å²) >= 11 is 0. The zero-order chi connectivity index (χ0) is 16.4. The molecule has 0 saturated heterocycles. The van der Waals surface area contributed by atoms with E-state index in [4.69, 9.17) is 0 Å². The lowest BCUT2D eigenvalue weighted by Gasteiger charge is -2.57. The van der Waals surface area contributed by atoms with Gasteiger partial charge in [0.05, 0.1) is 6.61 Å². The minimum atomic E-state index is -0.983. The minimum absolute atomic E-state index is 0.00171. The van der Waals surface area contributed by atoms with Gasteiger partial charge in [0.2, 0.25) is 0 Å². The molecule has 4 nitrogen and oxygen atoms in total. The van der Waals surface area contributed by atoms with E-state index in [1.165, 1.54) is 0 Å². The Hall–Kier alpha value is -1.00. The van der Waals surface area contributed by atoms with E-state index in [2.05, 4.69) is 6.92 Å². The Labute approximate surface area is 137 Å². The second-order valence-electron chi connectivity index (χ2n) is 8.44. The molecule has 0 aromatic rings. The van der Waals surface area contributed by atoms with Crippen LogP contribution in [0.2, 0.25) is 0 Å². The first-order valence-electron chi connectivity index (χ1n) is 8.99. The number of rotatable bonds is 1. The summed E-state index contributed by atoms with van der Waals surface area (Å²) in [4.78, 5) is 24.3. The third-order valence-corrected chi connectivity index (χ3v) is 7.73. The van der Waals surface area contributed by atoms with Crippen molar-refractivity contribution >= 4 is 11.6 Å². The Bertz CT molecular complexity index is 594. The summed E-state index contributed by atoms with van der Waals surface area (Å²) < 4.78 is 0. The molecule has 4 rings (SSSR count). The Balaban J connectivity index is 1.74. The molecule has 0 unspecified atom stereocenters. The monoisotopic (exact) mass is 318 g/mol. The van der Waals surface area contributed by atoms with Crippen LogP contribution in [0.15, 0.2) is 11.6 Å². The lowest BCUT2D eigenvalue weighted by molar-refractivity contribution is -0.137. The summed E-state index contributed by atoms with van der Waals surface area (Å²) in [5, 5.41) is 20.4. The van der Waals surface area contributed by atoms with Gasteiger partial charge in [0.1, 0.15) is 11.9 Å². The highest BCUT2D eigenvalue weighted by Gasteiger charge is 2.60. The molecule has 0 radical (unpaired) electrons. The highest BCUT2D eigenvalue weighted by molar-refractivity contribution is 5.95. The van der Waals surface area contributed by atoms with Crippen LogP contribution in [0.4, 0.5) is 0 Å². The van der Waals surface area contributed by atoms with Gasteiger partial charge in [-0.2, -0.15) is 0 Å². The van der Waals surface area contributed by atoms with Crippen molar-refractivity contribution in [2.45, 2.75) is 58.0 Å². The first kappa shape index (κ1) is 15.5. The van der Waals surface area contributed by atoms with Crippen LogP contribution in [-0.4, -0.2) is 34.5 Å². The number of hydrogen-bond acceptors (Lipinski definition) is 4. The standard InChI is InChI=1S/C19H26O4/c1-18-7-6-14-12(13(18)4-5-17(18)23)3-2-11-8-15(21)16(22)9-19(11,14)10-20/h8,12-14,16,20,22H,2-7,9-10H2,1H3/t12-,13-,14-,16+,18-,19+/m0/s1. The molecule has 0 spiro atoms. The molecule has 3 saturated carbocycles. The molecule has 126 valence electrons. The van der Waals surface area contributed by atoms with Crippen molar-refractivity contribution in [1.82, 2.24) is 0 Å². The molecule has 0 aromatic heterocycles. The summed E-state index contributed by atoms with van der Waals surface area (Å²) in [7, 11) is 0. The van der Waals surface area contributed by atoms with E-state index in [9.17, 15) is 19.8 Å². The first-order valence-corrected chi connectivity index (χ1v) is 8.99. The largest absolute Gasteiger partial charge is 0.395 e. The van der Waals surface area contributed by atoms with Gasteiger partial charge >= 0.3 is 0 Å². The quantitative estimate of drug-likeness (QED) is 0.776. The molecule has 0 aromatic carbocycles. The van der Waals surface area contributed by atoms with E-state index in [1.54, 1.807) is 6.08 Å². The van der Waals surface area contributed by atoms with Crippen molar-refractivity contribution < 1.29 is 19.8 Å². The lowest BCUT2D eigenvalue weighted by atomic mass is 9.47. The molecular formula is C19H26O4. The van der Waals surface area contributed by atoms with Crippen LogP contribution in [0, 0.1) is 28.6 Å². The van der Waals surface area contributed by atoms with Gasteiger partial charge in [-0.15, -0.1) is 0 Å². The lowest BCUT2D eigenvalue weighted by Crippen LogP contribution is -2.54. The van der Waals surface area contributed by atoms with Crippen molar-refractivity contribution in [3.63, 3.8) is 0 Å². The van der Waals surface area contributed by atoms with Crippen molar-refractivity contribution in [2.75, 3.05) is 6.61 Å². The summed E-state index contributed by atoms with van der Waals surface area (Å²) in [6.07, 6.45) is 6.28. The molecule has 23 heavy (non-hydrogen) atoms. The van der Waals surface area contributed by atoms with E-state index < -0.39 is 11.5 Å². The van der Waals surface area contributed by atoms with Crippen LogP contribution in [-0.2, 0) is 9.59 Å². The average molecular weight is 318 g/mol. The number of aliphatic hydroxyl groups is 2. The van der Waals surface area contributed by atoms with Crippen LogP contribution in [0.3, 0.4) is 0 Å². The van der Waals surface area contributed by atoms with E-state index >= 15 is 0 Å². The number of ketones is 2. The second kappa shape index (κ2) is 5.00. The zero-order valence-corrected chi connectivity index (χ0v) is 13.8. The predicted octanol–water partition coefficient (Wildman–Crippen LogP) is 2.03. The maximum atomic E-state index is 12.4. The average Bonchev–Trinajstić information content (AvgIpc) is 2.84. The molecule has 3 fully saturated rings. The molecule has 0 heterocycles. The number of hydrogen-bond donors (Lipinski definition) is 2. The molecule has 0 bridgehead atoms. The van der Waals surface area contributed by atoms with E-state index in [1.807, 2.05) is 0 Å². The molecule has 4 heteroatoms. The highest BCUT2D eigenvalue weighted by atomic mass is 16.3. The molecular weight excluding hydrogens is 292 g/mol. The summed E-state index contributed by atoms with van der Waals surface area (Å²) in [6.45, 7) is 2.14. The minimum Gasteiger partial charge on any atom is -0.395 e. The fraction of sp³-hybridized carbons (Fsp3) is 0.789. The molecule has 2 N–H and O–H groups in total. The molecule has 0 aliphatic heterocycles. The van der Waals surface area contributed by atoms with Crippen LogP contribution in [0.5, 0.6) is 0 Å². The SMILES string of the molecule is C[C@]12CC[C@H]3[C@@H](CCC4=CC(=O)[C@H](O)C[C@@]43CO)[C@@H]1CCC2=O. The summed E-state index contributed by atoms with van der Waals surface area (Å²) in [5.74, 6) is 1.34. The van der Waals surface area contributed by atoms with Gasteiger partial charge in [0.25, 0.3) is 0 Å². The van der Waals surface area contributed by atoms with Crippen molar-refractivity contribution in [3.05, 3.63) is 11.6 Å². The number of Topliss-reactive ketones (excluding diaryl/α,β-unsaturated/α-hetero) is 1. The number of carbonyl (C=O) groups is 2. The molecule has 6 atom stereocenters. The van der Waals surface area contributed by atoms with Gasteiger partial charge in [-0.3, -0.25) is 9.59 Å². The second-order valence-corrected chi connectivity index (χ2v) is 8.44. The zero-order valence-electron chi connectivity index (χ0n) is 13.8. The fourth-order valence-electron chi connectivity index (χ4n) is 6.45. The maximum Gasteiger partial charge on any atom is 0.184 e. The van der Waals surface area contributed by atoms with Gasteiger partial charge in [-0.1, -0.05) is 12.5 Å². The van der Waals surface area contributed by atoms with Gasteiger partial charge in [-0.25, -0.2) is 0 Å². The third-order valence-electron chi connectivity index (χ3n) is 7.73. The Morgan fingerprint density at radius 1 is 1.17 bits per heavy atom. The maximum absolute atomic E-state index is 12.4. The van der Waals surface area contributed by atoms with Crippen LogP contribution >= 0.6 is 0 Å². The molecule has 4 aliphatic carbocycles. The summed E-state index contributed by atoms with van der Waals surface area (Å²) in [5.41, 5.74) is 0.426. The Morgan fingerprint density at radius 3 is 2.70 bits per heavy atom. The van der Waals surface area contributed by atoms with Crippen LogP contribution < -0.4 is 0 Å². The number of carbonyl (C=O) groups excluding carboxylic acids is 2. The first-order chi connectivity index (χ1) is 10.9. The van der Waals surface area contributed by atoms with Crippen LogP contribution in [0.1, 0.15) is 51.9 Å². The number of aliphatic hydroxyl groups excluding tert-OH is 2. The van der Waals surface area contributed by atoms with Gasteiger partial charge < -0.3 is 10.2 Å². The van der Waals surface area contributed by atoms with Crippen molar-refractivity contribution in [3.8, 4) is 0 Å². The van der Waals surface area contributed by atoms with E-state index in [-0.39, 0.29) is 17.8 Å². The van der Waals surface area contributed by atoms with E-state index in [0.29, 0.717) is 36.4 Å². The van der Waals surface area contributed by atoms with Crippen molar-refractivity contribution in [1.29, 1.82) is 0 Å². The van der Waals surface area contributed by atoms with Crippen LogP contribution in [0.25, 0.3) is 0 Å². The Morgan fingerprint density at radius 2 is 1.96 bits per heavy atom. The molecule has 4 aliphatic rings. The predicted molar refractivity (Wildman–Crippen MR) is 84.5 cm³/mol. The topological polar surface area (TPSA) is 74.6 Å². The molecule has 0 amide bonds. The number of fused-ring (bicyclic) bond motifs is 5. The normalized spacial score (nSPS) is 49.3.